The molecular weight excluding hydrogens is 340 g/mol. The summed E-state index contributed by atoms with van der Waals surface area (Å²) in [4.78, 5) is 17.0. The highest BCUT2D eigenvalue weighted by Gasteiger charge is 2.21. The molecule has 6 heteroatoms. The van der Waals surface area contributed by atoms with Gasteiger partial charge in [0.15, 0.2) is 5.82 Å². The number of amides is 1. The summed E-state index contributed by atoms with van der Waals surface area (Å²) in [5, 5.41) is 7.28. The number of carbonyl (C=O) groups is 1. The minimum absolute atomic E-state index is 0.124. The maximum absolute atomic E-state index is 12.6. The van der Waals surface area contributed by atoms with Crippen molar-refractivity contribution in [2.75, 3.05) is 13.2 Å². The van der Waals surface area contributed by atoms with E-state index in [1.54, 1.807) is 17.1 Å². The Hall–Kier alpha value is -3.15. The molecule has 0 saturated heterocycles. The molecule has 140 valence electrons. The maximum atomic E-state index is 12.6. The second kappa shape index (κ2) is 8.49. The molecule has 2 heterocycles. The van der Waals surface area contributed by atoms with Gasteiger partial charge >= 0.3 is 0 Å². The lowest BCUT2D eigenvalue weighted by molar-refractivity contribution is 0.0945. The van der Waals surface area contributed by atoms with Gasteiger partial charge in [-0.2, -0.15) is 5.10 Å². The van der Waals surface area contributed by atoms with Crippen LogP contribution < -0.4 is 10.1 Å². The third-order valence-corrected chi connectivity index (χ3v) is 4.14. The largest absolute Gasteiger partial charge is 0.492 e. The number of rotatable bonds is 7. The lowest BCUT2D eigenvalue weighted by Crippen LogP contribution is -2.29. The van der Waals surface area contributed by atoms with E-state index in [2.05, 4.69) is 15.4 Å². The number of ether oxygens (including phenoxy) is 1. The molecule has 0 fully saturated rings. The number of nitrogens with zero attached hydrogens (tertiary/aromatic N) is 3. The van der Waals surface area contributed by atoms with Gasteiger partial charge in [0.1, 0.15) is 12.4 Å². The Morgan fingerprint density at radius 1 is 1.19 bits per heavy atom. The van der Waals surface area contributed by atoms with Gasteiger partial charge in [-0.3, -0.25) is 4.79 Å². The molecule has 1 amide bonds. The number of carbonyl (C=O) groups excluding carboxylic acids is 1. The first-order chi connectivity index (χ1) is 13.1. The number of hydrogen-bond donors (Lipinski definition) is 1. The van der Waals surface area contributed by atoms with Gasteiger partial charge < -0.3 is 10.1 Å². The molecule has 3 rings (SSSR count). The van der Waals surface area contributed by atoms with Crippen molar-refractivity contribution in [1.82, 2.24) is 20.1 Å². The average Bonchev–Trinajstić information content (AvgIpc) is 3.13. The van der Waals surface area contributed by atoms with Crippen molar-refractivity contribution in [1.29, 1.82) is 0 Å². The van der Waals surface area contributed by atoms with Gasteiger partial charge in [0.25, 0.3) is 5.91 Å². The fourth-order valence-corrected chi connectivity index (χ4v) is 2.81. The molecule has 0 spiro atoms. The van der Waals surface area contributed by atoms with Gasteiger partial charge in [-0.15, -0.1) is 0 Å². The molecule has 1 N–H and O–H groups in total. The Bertz CT molecular complexity index is 886. The molecule has 2 aromatic heterocycles. The third-order valence-electron chi connectivity index (χ3n) is 4.14. The van der Waals surface area contributed by atoms with Crippen molar-refractivity contribution in [2.24, 2.45) is 0 Å². The van der Waals surface area contributed by atoms with E-state index < -0.39 is 0 Å². The van der Waals surface area contributed by atoms with Crippen LogP contribution in [-0.2, 0) is 0 Å². The van der Waals surface area contributed by atoms with E-state index in [4.69, 9.17) is 4.74 Å². The van der Waals surface area contributed by atoms with E-state index in [0.29, 0.717) is 24.5 Å². The van der Waals surface area contributed by atoms with Crippen LogP contribution in [0.3, 0.4) is 0 Å². The zero-order chi connectivity index (χ0) is 19.2. The summed E-state index contributed by atoms with van der Waals surface area (Å²) in [5.41, 5.74) is 2.58. The predicted octanol–water partition coefficient (Wildman–Crippen LogP) is 3.51. The molecule has 3 aromatic rings. The van der Waals surface area contributed by atoms with E-state index in [-0.39, 0.29) is 11.8 Å². The molecule has 0 aliphatic rings. The minimum atomic E-state index is -0.159. The number of pyridine rings is 1. The molecule has 0 saturated carbocycles. The van der Waals surface area contributed by atoms with Crippen molar-refractivity contribution >= 4 is 5.91 Å². The molecule has 1 aromatic carbocycles. The summed E-state index contributed by atoms with van der Waals surface area (Å²) in [6, 6.07) is 13.5. The average molecular weight is 364 g/mol. The molecule has 0 bridgehead atoms. The van der Waals surface area contributed by atoms with E-state index in [1.807, 2.05) is 63.2 Å². The molecule has 0 unspecified atom stereocenters. The van der Waals surface area contributed by atoms with Crippen molar-refractivity contribution in [2.45, 2.75) is 26.7 Å². The lowest BCUT2D eigenvalue weighted by atomic mass is 10.1. The van der Waals surface area contributed by atoms with Gasteiger partial charge in [0.05, 0.1) is 24.0 Å². The van der Waals surface area contributed by atoms with Gasteiger partial charge in [-0.25, -0.2) is 9.67 Å². The van der Waals surface area contributed by atoms with Crippen LogP contribution in [0.5, 0.6) is 5.75 Å². The zero-order valence-corrected chi connectivity index (χ0v) is 15.8. The first-order valence-electron chi connectivity index (χ1n) is 9.03. The number of benzene rings is 1. The van der Waals surface area contributed by atoms with Crippen LogP contribution in [0.1, 0.15) is 41.4 Å². The summed E-state index contributed by atoms with van der Waals surface area (Å²) in [6.45, 7) is 6.92. The first kappa shape index (κ1) is 18.6. The zero-order valence-electron chi connectivity index (χ0n) is 15.8. The van der Waals surface area contributed by atoms with Gasteiger partial charge in [0, 0.05) is 6.20 Å². The molecule has 6 nitrogen and oxygen atoms in total. The van der Waals surface area contributed by atoms with Crippen LogP contribution in [-0.4, -0.2) is 33.8 Å². The van der Waals surface area contributed by atoms with Crippen LogP contribution >= 0.6 is 0 Å². The molecule has 0 radical (unpaired) electrons. The summed E-state index contributed by atoms with van der Waals surface area (Å²) in [7, 11) is 0. The first-order valence-corrected chi connectivity index (χ1v) is 9.03. The Morgan fingerprint density at radius 2 is 1.96 bits per heavy atom. The monoisotopic (exact) mass is 364 g/mol. The summed E-state index contributed by atoms with van der Waals surface area (Å²) < 4.78 is 7.38. The minimum Gasteiger partial charge on any atom is -0.492 e. The molecule has 0 aliphatic heterocycles. The van der Waals surface area contributed by atoms with Crippen LogP contribution in [0.2, 0.25) is 0 Å². The molecule has 0 aliphatic carbocycles. The normalized spacial score (nSPS) is 10.8. The second-order valence-corrected chi connectivity index (χ2v) is 6.62. The Morgan fingerprint density at radius 3 is 2.63 bits per heavy atom. The fraction of sp³-hybridized carbons (Fsp3) is 0.286. The van der Waals surface area contributed by atoms with E-state index in [9.17, 15) is 4.79 Å². The van der Waals surface area contributed by atoms with Crippen molar-refractivity contribution < 1.29 is 9.53 Å². The van der Waals surface area contributed by atoms with Crippen LogP contribution in [0, 0.1) is 6.92 Å². The predicted molar refractivity (Wildman–Crippen MR) is 104 cm³/mol. The fourth-order valence-electron chi connectivity index (χ4n) is 2.81. The highest BCUT2D eigenvalue weighted by atomic mass is 16.5. The van der Waals surface area contributed by atoms with Crippen LogP contribution in [0.25, 0.3) is 5.82 Å². The number of aryl methyl sites for hydroxylation is 1. The summed E-state index contributed by atoms with van der Waals surface area (Å²) in [6.07, 6.45) is 3.31. The highest BCUT2D eigenvalue weighted by molar-refractivity contribution is 5.95. The van der Waals surface area contributed by atoms with Crippen LogP contribution in [0.15, 0.2) is 54.9 Å². The lowest BCUT2D eigenvalue weighted by Gasteiger charge is -2.12. The van der Waals surface area contributed by atoms with E-state index >= 15 is 0 Å². The van der Waals surface area contributed by atoms with Gasteiger partial charge in [-0.1, -0.05) is 37.6 Å². The Labute approximate surface area is 159 Å². The van der Waals surface area contributed by atoms with Gasteiger partial charge in [0.2, 0.25) is 0 Å². The van der Waals surface area contributed by atoms with E-state index in [1.165, 1.54) is 5.56 Å². The van der Waals surface area contributed by atoms with Crippen molar-refractivity contribution in [3.05, 3.63) is 71.7 Å². The number of hydrogen-bond acceptors (Lipinski definition) is 4. The number of nitrogens with one attached hydrogen (secondary N) is 1. The summed E-state index contributed by atoms with van der Waals surface area (Å²) in [5.74, 6) is 1.45. The SMILES string of the molecule is Cc1ccc(OCCNC(=O)c2cnn(-c3ccccn3)c2C(C)C)cc1. The second-order valence-electron chi connectivity index (χ2n) is 6.62. The molecule has 0 atom stereocenters. The standard InChI is InChI=1S/C21H24N4O2/c1-15(2)20-18(14-24-25(20)19-6-4-5-11-22-19)21(26)23-12-13-27-17-9-7-16(3)8-10-17/h4-11,14-15H,12-13H2,1-3H3,(H,23,26). The van der Waals surface area contributed by atoms with Gasteiger partial charge in [-0.05, 0) is 37.1 Å². The Kier molecular flexibility index (Phi) is 5.86. The van der Waals surface area contributed by atoms with E-state index in [0.717, 1.165) is 11.4 Å². The Balaban J connectivity index is 1.64. The maximum Gasteiger partial charge on any atom is 0.254 e. The quantitative estimate of drug-likeness (QED) is 0.652. The third kappa shape index (κ3) is 4.53. The molecule has 27 heavy (non-hydrogen) atoms. The topological polar surface area (TPSA) is 69.0 Å². The number of aromatic nitrogens is 3. The van der Waals surface area contributed by atoms with Crippen molar-refractivity contribution in [3.63, 3.8) is 0 Å². The smallest absolute Gasteiger partial charge is 0.254 e. The van der Waals surface area contributed by atoms with Crippen molar-refractivity contribution in [3.8, 4) is 11.6 Å². The highest BCUT2D eigenvalue weighted by Crippen LogP contribution is 2.22. The van der Waals surface area contributed by atoms with Crippen LogP contribution in [0.4, 0.5) is 0 Å². The molecular formula is C21H24N4O2. The summed E-state index contributed by atoms with van der Waals surface area (Å²) >= 11 is 0.